The van der Waals surface area contributed by atoms with E-state index in [-0.39, 0.29) is 0 Å². The first-order chi connectivity index (χ1) is 8.61. The maximum absolute atomic E-state index is 6.27. The Morgan fingerprint density at radius 3 is 2.44 bits per heavy atom. The number of hydrogen-bond donors (Lipinski definition) is 1. The topological polar surface area (TPSA) is 12.0 Å². The van der Waals surface area contributed by atoms with E-state index in [1.165, 1.54) is 32.1 Å². The van der Waals surface area contributed by atoms with Gasteiger partial charge in [0.25, 0.3) is 0 Å². The van der Waals surface area contributed by atoms with Crippen LogP contribution in [0.25, 0.3) is 0 Å². The quantitative estimate of drug-likeness (QED) is 0.690. The van der Waals surface area contributed by atoms with Crippen molar-refractivity contribution in [3.05, 3.63) is 26.7 Å². The minimum Gasteiger partial charge on any atom is -0.380 e. The summed E-state index contributed by atoms with van der Waals surface area (Å²) in [5.74, 6) is 0.731. The van der Waals surface area contributed by atoms with Crippen LogP contribution in [0.3, 0.4) is 0 Å². The van der Waals surface area contributed by atoms with Crippen LogP contribution in [0.2, 0.25) is 10.0 Å². The van der Waals surface area contributed by atoms with E-state index in [1.807, 2.05) is 12.1 Å². The Labute approximate surface area is 127 Å². The molecule has 1 N–H and O–H groups in total. The second-order valence-electron chi connectivity index (χ2n) is 4.95. The summed E-state index contributed by atoms with van der Waals surface area (Å²) in [7, 11) is 0. The SMILES string of the molecule is CCC1CCCCC1Nc1c(Cl)cc(Br)cc1Cl. The normalized spacial score (nSPS) is 24.0. The molecule has 0 radical (unpaired) electrons. The highest BCUT2D eigenvalue weighted by molar-refractivity contribution is 9.10. The van der Waals surface area contributed by atoms with Crippen LogP contribution in [0.15, 0.2) is 16.6 Å². The molecule has 2 rings (SSSR count). The highest BCUT2D eigenvalue weighted by atomic mass is 79.9. The van der Waals surface area contributed by atoms with Gasteiger partial charge in [0.05, 0.1) is 15.7 Å². The van der Waals surface area contributed by atoms with Crippen LogP contribution >= 0.6 is 39.1 Å². The molecule has 0 bridgehead atoms. The molecule has 1 aliphatic carbocycles. The number of halogens is 3. The summed E-state index contributed by atoms with van der Waals surface area (Å²) in [5, 5.41) is 4.94. The van der Waals surface area contributed by atoms with Gasteiger partial charge in [0.15, 0.2) is 0 Å². The van der Waals surface area contributed by atoms with Crippen molar-refractivity contribution in [2.75, 3.05) is 5.32 Å². The summed E-state index contributed by atoms with van der Waals surface area (Å²) in [5.41, 5.74) is 0.881. The molecule has 0 spiro atoms. The van der Waals surface area contributed by atoms with Crippen LogP contribution < -0.4 is 5.32 Å². The molecule has 1 nitrogen and oxygen atoms in total. The van der Waals surface area contributed by atoms with E-state index in [4.69, 9.17) is 23.2 Å². The van der Waals surface area contributed by atoms with Gasteiger partial charge in [-0.3, -0.25) is 0 Å². The van der Waals surface area contributed by atoms with Crippen molar-refractivity contribution in [2.45, 2.75) is 45.1 Å². The van der Waals surface area contributed by atoms with E-state index in [0.29, 0.717) is 16.1 Å². The van der Waals surface area contributed by atoms with E-state index in [1.54, 1.807) is 0 Å². The Balaban J connectivity index is 2.17. The Kier molecular flexibility index (Phi) is 5.23. The molecule has 0 saturated heterocycles. The third-order valence-corrected chi connectivity index (χ3v) is 4.82. The lowest BCUT2D eigenvalue weighted by molar-refractivity contribution is 0.317. The van der Waals surface area contributed by atoms with Gasteiger partial charge in [-0.1, -0.05) is 65.3 Å². The Morgan fingerprint density at radius 2 is 1.83 bits per heavy atom. The fourth-order valence-electron chi connectivity index (χ4n) is 2.75. The Bertz CT molecular complexity index is 399. The van der Waals surface area contributed by atoms with Crippen LogP contribution in [0.5, 0.6) is 0 Å². The van der Waals surface area contributed by atoms with E-state index in [9.17, 15) is 0 Å². The number of anilines is 1. The molecule has 0 aromatic heterocycles. The zero-order chi connectivity index (χ0) is 13.1. The van der Waals surface area contributed by atoms with Gasteiger partial charge >= 0.3 is 0 Å². The van der Waals surface area contributed by atoms with Gasteiger partial charge in [0.2, 0.25) is 0 Å². The summed E-state index contributed by atoms with van der Waals surface area (Å²) >= 11 is 15.9. The Morgan fingerprint density at radius 1 is 1.22 bits per heavy atom. The molecule has 1 aromatic carbocycles. The average Bonchev–Trinajstić information content (AvgIpc) is 2.34. The Hall–Kier alpha value is 0.0800. The maximum Gasteiger partial charge on any atom is 0.0722 e. The van der Waals surface area contributed by atoms with Gasteiger partial charge in [-0.15, -0.1) is 0 Å². The number of benzene rings is 1. The lowest BCUT2D eigenvalue weighted by atomic mass is 9.83. The molecular weight excluding hydrogens is 333 g/mol. The molecule has 1 aliphatic rings. The van der Waals surface area contributed by atoms with Crippen LogP contribution in [0, 0.1) is 5.92 Å². The third-order valence-electron chi connectivity index (χ3n) is 3.77. The van der Waals surface area contributed by atoms with Crippen molar-refractivity contribution in [1.29, 1.82) is 0 Å². The van der Waals surface area contributed by atoms with E-state index < -0.39 is 0 Å². The largest absolute Gasteiger partial charge is 0.380 e. The maximum atomic E-state index is 6.27. The molecular formula is C14H18BrCl2N. The lowest BCUT2D eigenvalue weighted by Gasteiger charge is -2.32. The predicted molar refractivity (Wildman–Crippen MR) is 83.8 cm³/mol. The molecule has 1 saturated carbocycles. The molecule has 18 heavy (non-hydrogen) atoms. The lowest BCUT2D eigenvalue weighted by Crippen LogP contribution is -2.32. The molecule has 0 aliphatic heterocycles. The average molecular weight is 351 g/mol. The van der Waals surface area contributed by atoms with Gasteiger partial charge in [0, 0.05) is 10.5 Å². The summed E-state index contributed by atoms with van der Waals surface area (Å²) in [6.07, 6.45) is 6.36. The van der Waals surface area contributed by atoms with Gasteiger partial charge in [-0.05, 0) is 30.9 Å². The van der Waals surface area contributed by atoms with Crippen LogP contribution in [0.1, 0.15) is 39.0 Å². The fraction of sp³-hybridized carbons (Fsp3) is 0.571. The highest BCUT2D eigenvalue weighted by Crippen LogP contribution is 2.37. The number of nitrogens with one attached hydrogen (secondary N) is 1. The molecule has 100 valence electrons. The van der Waals surface area contributed by atoms with E-state index in [0.717, 1.165) is 16.1 Å². The second-order valence-corrected chi connectivity index (χ2v) is 6.68. The molecule has 0 heterocycles. The van der Waals surface area contributed by atoms with Gasteiger partial charge < -0.3 is 5.32 Å². The number of rotatable bonds is 3. The first-order valence-electron chi connectivity index (χ1n) is 6.53. The summed E-state index contributed by atoms with van der Waals surface area (Å²) in [6.45, 7) is 2.26. The van der Waals surface area contributed by atoms with Gasteiger partial charge in [-0.2, -0.15) is 0 Å². The van der Waals surface area contributed by atoms with Crippen molar-refractivity contribution < 1.29 is 0 Å². The zero-order valence-corrected chi connectivity index (χ0v) is 13.6. The minimum atomic E-state index is 0.500. The zero-order valence-electron chi connectivity index (χ0n) is 10.5. The highest BCUT2D eigenvalue weighted by Gasteiger charge is 2.24. The molecule has 1 aromatic rings. The van der Waals surface area contributed by atoms with Crippen molar-refractivity contribution in [2.24, 2.45) is 5.92 Å². The molecule has 0 amide bonds. The van der Waals surface area contributed by atoms with Crippen molar-refractivity contribution in [3.63, 3.8) is 0 Å². The third kappa shape index (κ3) is 3.34. The standard InChI is InChI=1S/C14H18BrCl2N/c1-2-9-5-3-4-6-13(9)18-14-11(16)7-10(15)8-12(14)17/h7-9,13,18H,2-6H2,1H3. The monoisotopic (exact) mass is 349 g/mol. The summed E-state index contributed by atoms with van der Waals surface area (Å²) in [4.78, 5) is 0. The smallest absolute Gasteiger partial charge is 0.0722 e. The molecule has 2 atom stereocenters. The molecule has 1 fully saturated rings. The van der Waals surface area contributed by atoms with E-state index >= 15 is 0 Å². The van der Waals surface area contributed by atoms with Crippen LogP contribution in [-0.4, -0.2) is 6.04 Å². The predicted octanol–water partition coefficient (Wildman–Crippen LogP) is 6.14. The first kappa shape index (κ1) is 14.5. The minimum absolute atomic E-state index is 0.500. The van der Waals surface area contributed by atoms with Crippen LogP contribution in [-0.2, 0) is 0 Å². The molecule has 2 unspecified atom stereocenters. The number of hydrogen-bond acceptors (Lipinski definition) is 1. The molecule has 4 heteroatoms. The first-order valence-corrected chi connectivity index (χ1v) is 8.07. The summed E-state index contributed by atoms with van der Waals surface area (Å²) in [6, 6.07) is 4.28. The summed E-state index contributed by atoms with van der Waals surface area (Å²) < 4.78 is 0.915. The second kappa shape index (κ2) is 6.49. The van der Waals surface area contributed by atoms with E-state index in [2.05, 4.69) is 28.2 Å². The van der Waals surface area contributed by atoms with Gasteiger partial charge in [-0.25, -0.2) is 0 Å². The van der Waals surface area contributed by atoms with Gasteiger partial charge in [0.1, 0.15) is 0 Å². The van der Waals surface area contributed by atoms with Crippen molar-refractivity contribution in [3.8, 4) is 0 Å². The van der Waals surface area contributed by atoms with Crippen LogP contribution in [0.4, 0.5) is 5.69 Å². The van der Waals surface area contributed by atoms with Crippen molar-refractivity contribution in [1.82, 2.24) is 0 Å². The van der Waals surface area contributed by atoms with Crippen molar-refractivity contribution >= 4 is 44.8 Å². The fourth-order valence-corrected chi connectivity index (χ4v) is 4.07.